The minimum absolute atomic E-state index is 0.0632. The number of hydrogen-bond acceptors (Lipinski definition) is 6. The molecule has 0 bridgehead atoms. The molecule has 1 aromatic heterocycles. The zero-order chi connectivity index (χ0) is 23.0. The second-order valence-corrected chi connectivity index (χ2v) is 8.16. The summed E-state index contributed by atoms with van der Waals surface area (Å²) in [7, 11) is 4.53. The maximum absolute atomic E-state index is 13.5. The van der Waals surface area contributed by atoms with Gasteiger partial charge in [0.15, 0.2) is 11.5 Å². The minimum atomic E-state index is -1.13. The molecule has 0 aliphatic carbocycles. The molecule has 4 rings (SSSR count). The first-order chi connectivity index (χ1) is 15.4. The standard InChI is InChI=1S/C23H20FNO6S/c1-29-15-10-17(31-3)16(30-2)8-13(15)14-9-18(26)25-20-19(11-4-6-12(24)7-5-11)22(23(27)28)32-21(14)20/h4-8,10,14H,9H2,1-3H3,(H,25,26)(H,27,28). The van der Waals surface area contributed by atoms with Crippen LogP contribution in [0.4, 0.5) is 10.1 Å². The van der Waals surface area contributed by atoms with Gasteiger partial charge in [-0.15, -0.1) is 11.3 Å². The van der Waals surface area contributed by atoms with Crippen molar-refractivity contribution in [3.63, 3.8) is 0 Å². The molecule has 0 saturated carbocycles. The Kier molecular flexibility index (Phi) is 5.75. The monoisotopic (exact) mass is 457 g/mol. The van der Waals surface area contributed by atoms with E-state index >= 15 is 0 Å². The fraction of sp³-hybridized carbons (Fsp3) is 0.217. The Morgan fingerprint density at radius 3 is 2.28 bits per heavy atom. The van der Waals surface area contributed by atoms with E-state index in [1.807, 2.05) is 0 Å². The summed E-state index contributed by atoms with van der Waals surface area (Å²) in [4.78, 5) is 25.5. The number of carboxylic acids is 1. The van der Waals surface area contributed by atoms with Crippen LogP contribution in [0.1, 0.15) is 32.5 Å². The highest BCUT2D eigenvalue weighted by Gasteiger charge is 2.36. The summed E-state index contributed by atoms with van der Waals surface area (Å²) < 4.78 is 29.8. The summed E-state index contributed by atoms with van der Waals surface area (Å²) in [5, 5.41) is 12.7. The van der Waals surface area contributed by atoms with E-state index in [0.717, 1.165) is 11.3 Å². The number of fused-ring (bicyclic) bond motifs is 1. The van der Waals surface area contributed by atoms with Crippen molar-refractivity contribution in [2.45, 2.75) is 12.3 Å². The van der Waals surface area contributed by atoms with Crippen LogP contribution in [0.15, 0.2) is 36.4 Å². The van der Waals surface area contributed by atoms with Crippen LogP contribution < -0.4 is 19.5 Å². The number of rotatable bonds is 6. The zero-order valence-electron chi connectivity index (χ0n) is 17.5. The third-order valence-electron chi connectivity index (χ3n) is 5.34. The molecule has 32 heavy (non-hydrogen) atoms. The molecule has 2 N–H and O–H groups in total. The first-order valence-corrected chi connectivity index (χ1v) is 10.4. The lowest BCUT2D eigenvalue weighted by atomic mass is 9.87. The van der Waals surface area contributed by atoms with Gasteiger partial charge in [-0.3, -0.25) is 4.79 Å². The van der Waals surface area contributed by atoms with Crippen LogP contribution in [0.5, 0.6) is 17.2 Å². The van der Waals surface area contributed by atoms with Crippen molar-refractivity contribution in [3.8, 4) is 28.4 Å². The van der Waals surface area contributed by atoms with E-state index in [2.05, 4.69) is 5.32 Å². The maximum Gasteiger partial charge on any atom is 0.346 e. The fourth-order valence-corrected chi connectivity index (χ4v) is 5.14. The smallest absolute Gasteiger partial charge is 0.346 e. The Hall–Kier alpha value is -3.59. The number of nitrogens with one attached hydrogen (secondary N) is 1. The lowest BCUT2D eigenvalue weighted by Crippen LogP contribution is -2.23. The number of thiophene rings is 1. The van der Waals surface area contributed by atoms with Crippen molar-refractivity contribution in [2.24, 2.45) is 0 Å². The van der Waals surface area contributed by atoms with Crippen molar-refractivity contribution in [1.29, 1.82) is 0 Å². The van der Waals surface area contributed by atoms with Crippen molar-refractivity contribution in [1.82, 2.24) is 0 Å². The molecule has 1 aliphatic heterocycles. The Balaban J connectivity index is 1.95. The van der Waals surface area contributed by atoms with Crippen molar-refractivity contribution in [3.05, 3.63) is 57.5 Å². The Morgan fingerprint density at radius 2 is 1.69 bits per heavy atom. The molecule has 0 spiro atoms. The summed E-state index contributed by atoms with van der Waals surface area (Å²) in [5.74, 6) is -0.879. The normalized spacial score (nSPS) is 15.0. The fourth-order valence-electron chi connectivity index (χ4n) is 3.91. The minimum Gasteiger partial charge on any atom is -0.496 e. The molecule has 9 heteroatoms. The van der Waals surface area contributed by atoms with E-state index in [-0.39, 0.29) is 17.2 Å². The third kappa shape index (κ3) is 3.64. The molecule has 2 aromatic carbocycles. The number of carbonyl (C=O) groups is 2. The second kappa shape index (κ2) is 8.51. The molecule has 1 amide bonds. The number of anilines is 1. The predicted molar refractivity (Wildman–Crippen MR) is 118 cm³/mol. The van der Waals surface area contributed by atoms with Gasteiger partial charge in [0, 0.05) is 34.4 Å². The van der Waals surface area contributed by atoms with Crippen LogP contribution in [0.25, 0.3) is 11.1 Å². The molecule has 2 heterocycles. The van der Waals surface area contributed by atoms with Crippen LogP contribution in [0, 0.1) is 5.82 Å². The molecule has 0 fully saturated rings. The SMILES string of the molecule is COc1cc(OC)c(C2CC(=O)Nc3c2sc(C(=O)O)c3-c2ccc(F)cc2)cc1OC. The van der Waals surface area contributed by atoms with Gasteiger partial charge in [-0.2, -0.15) is 0 Å². The number of ether oxygens (including phenoxy) is 3. The highest BCUT2D eigenvalue weighted by atomic mass is 32.1. The molecule has 1 unspecified atom stereocenters. The molecular formula is C23H20FNO6S. The van der Waals surface area contributed by atoms with Gasteiger partial charge in [0.05, 0.1) is 27.0 Å². The van der Waals surface area contributed by atoms with Crippen LogP contribution in [0.3, 0.4) is 0 Å². The van der Waals surface area contributed by atoms with E-state index < -0.39 is 17.7 Å². The van der Waals surface area contributed by atoms with Crippen molar-refractivity contribution in [2.75, 3.05) is 26.6 Å². The maximum atomic E-state index is 13.5. The number of halogens is 1. The first kappa shape index (κ1) is 21.6. The molecule has 0 saturated heterocycles. The molecule has 0 radical (unpaired) electrons. The molecule has 3 aromatic rings. The average Bonchev–Trinajstić information content (AvgIpc) is 3.17. The summed E-state index contributed by atoms with van der Waals surface area (Å²) in [6, 6.07) is 8.91. The van der Waals surface area contributed by atoms with Gasteiger partial charge < -0.3 is 24.6 Å². The number of carboxylic acid groups (broad SMARTS) is 1. The summed E-state index contributed by atoms with van der Waals surface area (Å²) in [6.07, 6.45) is 0.0985. The van der Waals surface area contributed by atoms with Crippen molar-refractivity contribution < 1.29 is 33.3 Å². The molecule has 1 atom stereocenters. The Bertz CT molecular complexity index is 1200. The molecule has 166 valence electrons. The van der Waals surface area contributed by atoms with Crippen LogP contribution in [0.2, 0.25) is 0 Å². The van der Waals surface area contributed by atoms with Crippen LogP contribution in [-0.2, 0) is 4.79 Å². The zero-order valence-corrected chi connectivity index (χ0v) is 18.3. The van der Waals surface area contributed by atoms with Crippen molar-refractivity contribution >= 4 is 28.9 Å². The largest absolute Gasteiger partial charge is 0.496 e. The van der Waals surface area contributed by atoms with E-state index in [9.17, 15) is 19.1 Å². The molecule has 7 nitrogen and oxygen atoms in total. The second-order valence-electron chi connectivity index (χ2n) is 7.11. The number of methoxy groups -OCH3 is 3. The number of hydrogen-bond donors (Lipinski definition) is 2. The predicted octanol–water partition coefficient (Wildman–Crippen LogP) is 4.75. The van der Waals surface area contributed by atoms with Gasteiger partial charge in [0.25, 0.3) is 0 Å². The van der Waals surface area contributed by atoms with Gasteiger partial charge in [0.1, 0.15) is 16.4 Å². The summed E-state index contributed by atoms with van der Waals surface area (Å²) in [5.41, 5.74) is 1.94. The van der Waals surface area contributed by atoms with Gasteiger partial charge in [0.2, 0.25) is 5.91 Å². The lowest BCUT2D eigenvalue weighted by Gasteiger charge is -2.26. The quantitative estimate of drug-likeness (QED) is 0.555. The van der Waals surface area contributed by atoms with Crippen LogP contribution >= 0.6 is 11.3 Å². The molecular weight excluding hydrogens is 437 g/mol. The average molecular weight is 457 g/mol. The third-order valence-corrected chi connectivity index (χ3v) is 6.64. The number of amides is 1. The first-order valence-electron chi connectivity index (χ1n) is 9.63. The van der Waals surface area contributed by atoms with Gasteiger partial charge in [-0.1, -0.05) is 12.1 Å². The van der Waals surface area contributed by atoms with E-state index in [1.165, 1.54) is 45.6 Å². The van der Waals surface area contributed by atoms with Gasteiger partial charge in [-0.25, -0.2) is 9.18 Å². The lowest BCUT2D eigenvalue weighted by molar-refractivity contribution is -0.116. The van der Waals surface area contributed by atoms with E-state index in [0.29, 0.717) is 44.5 Å². The Labute approximate surface area is 187 Å². The highest BCUT2D eigenvalue weighted by Crippen LogP contribution is 2.52. The topological polar surface area (TPSA) is 94.1 Å². The number of benzene rings is 2. The van der Waals surface area contributed by atoms with E-state index in [4.69, 9.17) is 14.2 Å². The number of aromatic carboxylic acids is 1. The van der Waals surface area contributed by atoms with Crippen LogP contribution in [-0.4, -0.2) is 38.3 Å². The number of carbonyl (C=O) groups excluding carboxylic acids is 1. The Morgan fingerprint density at radius 1 is 1.06 bits per heavy atom. The van der Waals surface area contributed by atoms with E-state index in [1.54, 1.807) is 12.1 Å². The summed E-state index contributed by atoms with van der Waals surface area (Å²) in [6.45, 7) is 0. The van der Waals surface area contributed by atoms with Gasteiger partial charge in [-0.05, 0) is 23.8 Å². The summed E-state index contributed by atoms with van der Waals surface area (Å²) >= 11 is 1.08. The molecule has 1 aliphatic rings. The van der Waals surface area contributed by atoms with Gasteiger partial charge >= 0.3 is 5.97 Å². The highest BCUT2D eigenvalue weighted by molar-refractivity contribution is 7.15.